The predicted molar refractivity (Wildman–Crippen MR) is 125 cm³/mol. The van der Waals surface area contributed by atoms with Crippen LogP contribution in [-0.2, 0) is 10.1 Å². The molecule has 29 heavy (non-hydrogen) atoms. The number of aliphatic hydroxyl groups is 1. The summed E-state index contributed by atoms with van der Waals surface area (Å²) in [6.45, 7) is 4.38. The van der Waals surface area contributed by atoms with Crippen LogP contribution in [0.25, 0.3) is 0 Å². The van der Waals surface area contributed by atoms with Crippen molar-refractivity contribution < 1.29 is 18.1 Å². The standard InChI is InChI=1S/C24H50O4S/c1-3-5-7-9-10-11-12-15-19-23(25)20-16-13-14-18-22-24(29(26,27)28)21-17-8-6-4-2/h23-25H,3-22H2,1-2H3,(H,26,27,28). The van der Waals surface area contributed by atoms with Crippen molar-refractivity contribution in [3.63, 3.8) is 0 Å². The molecule has 0 aromatic rings. The van der Waals surface area contributed by atoms with E-state index >= 15 is 0 Å². The summed E-state index contributed by atoms with van der Waals surface area (Å²) >= 11 is 0. The fraction of sp³-hybridized carbons (Fsp3) is 1.00. The Bertz CT molecular complexity index is 436. The van der Waals surface area contributed by atoms with Crippen LogP contribution in [-0.4, -0.2) is 29.4 Å². The first-order valence-electron chi connectivity index (χ1n) is 12.6. The summed E-state index contributed by atoms with van der Waals surface area (Å²) in [5, 5.41) is 9.51. The molecule has 2 N–H and O–H groups in total. The van der Waals surface area contributed by atoms with Crippen LogP contribution < -0.4 is 0 Å². The zero-order valence-corrected chi connectivity index (χ0v) is 20.2. The van der Waals surface area contributed by atoms with Gasteiger partial charge in [-0.2, -0.15) is 8.42 Å². The van der Waals surface area contributed by atoms with E-state index in [1.165, 1.54) is 44.9 Å². The highest BCUT2D eigenvalue weighted by Crippen LogP contribution is 2.19. The molecular formula is C24H50O4S. The van der Waals surface area contributed by atoms with E-state index in [4.69, 9.17) is 0 Å². The van der Waals surface area contributed by atoms with Gasteiger partial charge in [-0.15, -0.1) is 0 Å². The van der Waals surface area contributed by atoms with E-state index in [9.17, 15) is 18.1 Å². The highest BCUT2D eigenvalue weighted by Gasteiger charge is 2.21. The van der Waals surface area contributed by atoms with Crippen molar-refractivity contribution >= 4 is 10.1 Å². The van der Waals surface area contributed by atoms with Gasteiger partial charge in [0.25, 0.3) is 10.1 Å². The average Bonchev–Trinajstić information content (AvgIpc) is 2.67. The summed E-state index contributed by atoms with van der Waals surface area (Å²) in [7, 11) is -3.92. The molecule has 0 fully saturated rings. The van der Waals surface area contributed by atoms with Gasteiger partial charge in [-0.1, -0.05) is 117 Å². The van der Waals surface area contributed by atoms with E-state index in [-0.39, 0.29) is 6.10 Å². The largest absolute Gasteiger partial charge is 0.393 e. The van der Waals surface area contributed by atoms with Crippen molar-refractivity contribution in [1.29, 1.82) is 0 Å². The van der Waals surface area contributed by atoms with Crippen molar-refractivity contribution in [3.8, 4) is 0 Å². The number of rotatable bonds is 22. The van der Waals surface area contributed by atoms with Gasteiger partial charge in [-0.25, -0.2) is 0 Å². The number of aliphatic hydroxyl groups excluding tert-OH is 1. The van der Waals surface area contributed by atoms with Crippen LogP contribution in [0, 0.1) is 0 Å². The Morgan fingerprint density at radius 3 is 1.24 bits per heavy atom. The van der Waals surface area contributed by atoms with Gasteiger partial charge in [0.15, 0.2) is 0 Å². The number of hydrogen-bond donors (Lipinski definition) is 2. The molecule has 0 bridgehead atoms. The maximum absolute atomic E-state index is 11.5. The third kappa shape index (κ3) is 19.6. The quantitative estimate of drug-likeness (QED) is 0.137. The van der Waals surface area contributed by atoms with Crippen LogP contribution in [0.5, 0.6) is 0 Å². The minimum Gasteiger partial charge on any atom is -0.393 e. The first kappa shape index (κ1) is 28.9. The van der Waals surface area contributed by atoms with Gasteiger partial charge in [0, 0.05) is 0 Å². The molecule has 176 valence electrons. The third-order valence-electron chi connectivity index (χ3n) is 6.01. The molecule has 2 unspecified atom stereocenters. The highest BCUT2D eigenvalue weighted by atomic mass is 32.2. The van der Waals surface area contributed by atoms with Gasteiger partial charge in [0.05, 0.1) is 11.4 Å². The van der Waals surface area contributed by atoms with Crippen molar-refractivity contribution in [2.45, 2.75) is 154 Å². The minimum atomic E-state index is -3.92. The summed E-state index contributed by atoms with van der Waals surface area (Å²) in [4.78, 5) is 0. The maximum Gasteiger partial charge on any atom is 0.267 e. The molecule has 0 radical (unpaired) electrons. The lowest BCUT2D eigenvalue weighted by atomic mass is 10.0. The number of hydrogen-bond acceptors (Lipinski definition) is 3. The highest BCUT2D eigenvalue weighted by molar-refractivity contribution is 7.86. The van der Waals surface area contributed by atoms with Gasteiger partial charge < -0.3 is 5.11 Å². The fourth-order valence-electron chi connectivity index (χ4n) is 4.00. The normalized spacial score (nSPS) is 14.2. The monoisotopic (exact) mass is 434 g/mol. The molecule has 0 rings (SSSR count). The van der Waals surface area contributed by atoms with E-state index in [1.54, 1.807) is 0 Å². The Balaban J connectivity index is 3.62. The molecule has 0 amide bonds. The second kappa shape index (κ2) is 19.8. The lowest BCUT2D eigenvalue weighted by Crippen LogP contribution is -2.20. The van der Waals surface area contributed by atoms with Crippen LogP contribution in [0.4, 0.5) is 0 Å². The van der Waals surface area contributed by atoms with Crippen LogP contribution in [0.2, 0.25) is 0 Å². The van der Waals surface area contributed by atoms with Gasteiger partial charge >= 0.3 is 0 Å². The van der Waals surface area contributed by atoms with E-state index in [2.05, 4.69) is 13.8 Å². The Morgan fingerprint density at radius 1 is 0.552 bits per heavy atom. The first-order chi connectivity index (χ1) is 13.9. The van der Waals surface area contributed by atoms with E-state index in [0.717, 1.165) is 70.6 Å². The summed E-state index contributed by atoms with van der Waals surface area (Å²) in [6, 6.07) is 0. The van der Waals surface area contributed by atoms with E-state index < -0.39 is 15.4 Å². The third-order valence-corrected chi connectivity index (χ3v) is 7.32. The summed E-state index contributed by atoms with van der Waals surface area (Å²) in [6.07, 6.45) is 21.1. The molecule has 2 atom stereocenters. The molecule has 0 aromatic carbocycles. The number of unbranched alkanes of at least 4 members (excludes halogenated alkanes) is 13. The maximum atomic E-state index is 11.5. The molecule has 0 spiro atoms. The van der Waals surface area contributed by atoms with Crippen molar-refractivity contribution in [3.05, 3.63) is 0 Å². The van der Waals surface area contributed by atoms with Gasteiger partial charge in [-0.05, 0) is 25.7 Å². The zero-order chi connectivity index (χ0) is 21.8. The Morgan fingerprint density at radius 2 is 0.862 bits per heavy atom. The Kier molecular flexibility index (Phi) is 19.7. The fourth-order valence-corrected chi connectivity index (χ4v) is 4.93. The Hall–Kier alpha value is -0.130. The van der Waals surface area contributed by atoms with Crippen molar-refractivity contribution in [2.24, 2.45) is 0 Å². The molecule has 0 saturated heterocycles. The summed E-state index contributed by atoms with van der Waals surface area (Å²) < 4.78 is 32.5. The molecule has 4 nitrogen and oxygen atoms in total. The lowest BCUT2D eigenvalue weighted by Gasteiger charge is -2.14. The smallest absolute Gasteiger partial charge is 0.267 e. The van der Waals surface area contributed by atoms with Crippen LogP contribution >= 0.6 is 0 Å². The van der Waals surface area contributed by atoms with Crippen LogP contribution in [0.15, 0.2) is 0 Å². The minimum absolute atomic E-state index is 0.181. The SMILES string of the molecule is CCCCCCCCCCC(O)CCCCCCC(CCCCCC)S(=O)(=O)O. The Labute approximate surface area is 182 Å². The molecule has 0 aliphatic heterocycles. The predicted octanol–water partition coefficient (Wildman–Crippen LogP) is 7.45. The van der Waals surface area contributed by atoms with Gasteiger partial charge in [0.2, 0.25) is 0 Å². The van der Waals surface area contributed by atoms with Crippen molar-refractivity contribution in [2.75, 3.05) is 0 Å². The first-order valence-corrected chi connectivity index (χ1v) is 14.1. The molecule has 0 heterocycles. The second-order valence-electron chi connectivity index (χ2n) is 8.90. The van der Waals surface area contributed by atoms with E-state index in [1.807, 2.05) is 0 Å². The summed E-state index contributed by atoms with van der Waals surface area (Å²) in [5.41, 5.74) is 0. The average molecular weight is 435 g/mol. The summed E-state index contributed by atoms with van der Waals surface area (Å²) in [5.74, 6) is 0. The molecule has 5 heteroatoms. The van der Waals surface area contributed by atoms with Gasteiger partial charge in [-0.3, -0.25) is 4.55 Å². The topological polar surface area (TPSA) is 74.6 Å². The lowest BCUT2D eigenvalue weighted by molar-refractivity contribution is 0.147. The molecular weight excluding hydrogens is 384 g/mol. The molecule has 0 aliphatic rings. The molecule has 0 saturated carbocycles. The molecule has 0 aliphatic carbocycles. The van der Waals surface area contributed by atoms with Gasteiger partial charge in [0.1, 0.15) is 0 Å². The zero-order valence-electron chi connectivity index (χ0n) is 19.4. The van der Waals surface area contributed by atoms with Crippen molar-refractivity contribution in [1.82, 2.24) is 0 Å². The second-order valence-corrected chi connectivity index (χ2v) is 10.6. The van der Waals surface area contributed by atoms with Crippen LogP contribution in [0.1, 0.15) is 142 Å². The van der Waals surface area contributed by atoms with Crippen LogP contribution in [0.3, 0.4) is 0 Å². The van der Waals surface area contributed by atoms with E-state index in [0.29, 0.717) is 12.8 Å². The molecule has 0 aromatic heterocycles.